The van der Waals surface area contributed by atoms with Gasteiger partial charge in [-0.2, -0.15) is 0 Å². The van der Waals surface area contributed by atoms with Gasteiger partial charge in [0.25, 0.3) is 0 Å². The highest BCUT2D eigenvalue weighted by Crippen LogP contribution is 2.28. The summed E-state index contributed by atoms with van der Waals surface area (Å²) in [5.74, 6) is 0.779. The van der Waals surface area contributed by atoms with Crippen molar-refractivity contribution in [1.82, 2.24) is 9.88 Å². The number of carboxylic acids is 1. The first-order valence-corrected chi connectivity index (χ1v) is 5.95. The van der Waals surface area contributed by atoms with Crippen molar-refractivity contribution >= 4 is 5.97 Å². The average molecular weight is 238 g/mol. The Balaban J connectivity index is 1.95. The third-order valence-electron chi connectivity index (χ3n) is 3.09. The monoisotopic (exact) mass is 238 g/mol. The predicted molar refractivity (Wildman–Crippen MR) is 61.7 cm³/mol. The SMILES string of the molecule is Cc1nc(CN(CCC(=O)O)C2CC2)oc1C. The molecule has 0 bridgehead atoms. The van der Waals surface area contributed by atoms with Crippen LogP contribution in [0.4, 0.5) is 0 Å². The molecule has 1 saturated carbocycles. The molecule has 1 N–H and O–H groups in total. The Kier molecular flexibility index (Phi) is 3.47. The van der Waals surface area contributed by atoms with Gasteiger partial charge >= 0.3 is 5.97 Å². The number of aliphatic carboxylic acids is 1. The molecule has 5 nitrogen and oxygen atoms in total. The van der Waals surface area contributed by atoms with Gasteiger partial charge in [0.05, 0.1) is 18.7 Å². The molecule has 94 valence electrons. The van der Waals surface area contributed by atoms with Crippen LogP contribution in [0.1, 0.15) is 36.6 Å². The number of rotatable bonds is 6. The largest absolute Gasteiger partial charge is 0.481 e. The minimum Gasteiger partial charge on any atom is -0.481 e. The standard InChI is InChI=1S/C12H18N2O3/c1-8-9(2)17-11(13-8)7-14(10-3-4-10)6-5-12(15)16/h10H,3-7H2,1-2H3,(H,15,16). The highest BCUT2D eigenvalue weighted by molar-refractivity contribution is 5.66. The normalized spacial score (nSPS) is 15.5. The van der Waals surface area contributed by atoms with Crippen LogP contribution in [0.25, 0.3) is 0 Å². The number of oxazole rings is 1. The van der Waals surface area contributed by atoms with E-state index in [-0.39, 0.29) is 6.42 Å². The molecular formula is C12H18N2O3. The third kappa shape index (κ3) is 3.30. The van der Waals surface area contributed by atoms with Gasteiger partial charge in [0, 0.05) is 12.6 Å². The molecule has 2 rings (SSSR count). The Morgan fingerprint density at radius 1 is 1.53 bits per heavy atom. The average Bonchev–Trinajstić information content (AvgIpc) is 3.02. The summed E-state index contributed by atoms with van der Waals surface area (Å²) in [7, 11) is 0. The zero-order valence-electron chi connectivity index (χ0n) is 10.3. The molecule has 1 aliphatic carbocycles. The topological polar surface area (TPSA) is 66.6 Å². The summed E-state index contributed by atoms with van der Waals surface area (Å²) in [5, 5.41) is 8.71. The number of carboxylic acid groups (broad SMARTS) is 1. The lowest BCUT2D eigenvalue weighted by Crippen LogP contribution is -2.28. The Bertz CT molecular complexity index is 390. The fourth-order valence-electron chi connectivity index (χ4n) is 1.85. The molecule has 1 aromatic rings. The molecule has 0 unspecified atom stereocenters. The van der Waals surface area contributed by atoms with Crippen LogP contribution in [0.2, 0.25) is 0 Å². The van der Waals surface area contributed by atoms with Gasteiger partial charge in [-0.05, 0) is 26.7 Å². The first kappa shape index (κ1) is 12.1. The van der Waals surface area contributed by atoms with Crippen molar-refractivity contribution in [2.75, 3.05) is 6.54 Å². The molecular weight excluding hydrogens is 220 g/mol. The molecule has 1 aliphatic rings. The molecule has 1 aromatic heterocycles. The van der Waals surface area contributed by atoms with E-state index in [2.05, 4.69) is 9.88 Å². The molecule has 0 saturated heterocycles. The highest BCUT2D eigenvalue weighted by Gasteiger charge is 2.30. The molecule has 0 atom stereocenters. The van der Waals surface area contributed by atoms with Crippen LogP contribution in [0.15, 0.2) is 4.42 Å². The van der Waals surface area contributed by atoms with E-state index in [4.69, 9.17) is 9.52 Å². The summed E-state index contributed by atoms with van der Waals surface area (Å²) in [6.07, 6.45) is 2.48. The van der Waals surface area contributed by atoms with Gasteiger partial charge in [0.1, 0.15) is 5.76 Å². The van der Waals surface area contributed by atoms with E-state index in [1.807, 2.05) is 13.8 Å². The van der Waals surface area contributed by atoms with Crippen molar-refractivity contribution in [3.63, 3.8) is 0 Å². The minimum absolute atomic E-state index is 0.176. The van der Waals surface area contributed by atoms with Crippen LogP contribution in [0.5, 0.6) is 0 Å². The Hall–Kier alpha value is -1.36. The van der Waals surface area contributed by atoms with Crippen LogP contribution >= 0.6 is 0 Å². The summed E-state index contributed by atoms with van der Waals surface area (Å²) < 4.78 is 5.53. The number of hydrogen-bond donors (Lipinski definition) is 1. The maximum absolute atomic E-state index is 10.6. The van der Waals surface area contributed by atoms with E-state index < -0.39 is 5.97 Å². The summed E-state index contributed by atoms with van der Waals surface area (Å²) in [6.45, 7) is 5.00. The Labute approximate surface area is 100 Å². The lowest BCUT2D eigenvalue weighted by molar-refractivity contribution is -0.137. The van der Waals surface area contributed by atoms with E-state index in [1.54, 1.807) is 0 Å². The van der Waals surface area contributed by atoms with Crippen molar-refractivity contribution < 1.29 is 14.3 Å². The minimum atomic E-state index is -0.754. The van der Waals surface area contributed by atoms with E-state index in [1.165, 1.54) is 0 Å². The molecule has 17 heavy (non-hydrogen) atoms. The first-order chi connectivity index (χ1) is 8.06. The van der Waals surface area contributed by atoms with E-state index in [9.17, 15) is 4.79 Å². The van der Waals surface area contributed by atoms with Crippen LogP contribution in [-0.2, 0) is 11.3 Å². The number of carbonyl (C=O) groups is 1. The van der Waals surface area contributed by atoms with Gasteiger partial charge < -0.3 is 9.52 Å². The van der Waals surface area contributed by atoms with Gasteiger partial charge in [0.2, 0.25) is 5.89 Å². The van der Waals surface area contributed by atoms with Crippen molar-refractivity contribution in [3.05, 3.63) is 17.3 Å². The Morgan fingerprint density at radius 3 is 2.71 bits per heavy atom. The maximum atomic E-state index is 10.6. The van der Waals surface area contributed by atoms with Crippen molar-refractivity contribution in [2.45, 2.75) is 45.7 Å². The zero-order chi connectivity index (χ0) is 12.4. The fraction of sp³-hybridized carbons (Fsp3) is 0.667. The first-order valence-electron chi connectivity index (χ1n) is 5.95. The number of aromatic nitrogens is 1. The van der Waals surface area contributed by atoms with Crippen LogP contribution in [0, 0.1) is 13.8 Å². The number of hydrogen-bond acceptors (Lipinski definition) is 4. The second-order valence-electron chi connectivity index (χ2n) is 4.59. The molecule has 0 aliphatic heterocycles. The lowest BCUT2D eigenvalue weighted by Gasteiger charge is -2.18. The van der Waals surface area contributed by atoms with Crippen molar-refractivity contribution in [2.24, 2.45) is 0 Å². The molecule has 0 aromatic carbocycles. The molecule has 1 heterocycles. The zero-order valence-corrected chi connectivity index (χ0v) is 10.3. The van der Waals surface area contributed by atoms with Crippen molar-refractivity contribution in [3.8, 4) is 0 Å². The summed E-state index contributed by atoms with van der Waals surface area (Å²) in [6, 6.07) is 0.516. The van der Waals surface area contributed by atoms with Crippen molar-refractivity contribution in [1.29, 1.82) is 0 Å². The summed E-state index contributed by atoms with van der Waals surface area (Å²) in [5.41, 5.74) is 0.911. The molecule has 0 radical (unpaired) electrons. The smallest absolute Gasteiger partial charge is 0.304 e. The van der Waals surface area contributed by atoms with Gasteiger partial charge in [-0.25, -0.2) is 4.98 Å². The number of nitrogens with zero attached hydrogens (tertiary/aromatic N) is 2. The van der Waals surface area contributed by atoms with E-state index >= 15 is 0 Å². The second kappa shape index (κ2) is 4.87. The molecule has 0 spiro atoms. The predicted octanol–water partition coefficient (Wildman–Crippen LogP) is 1.73. The van der Waals surface area contributed by atoms with Gasteiger partial charge in [-0.15, -0.1) is 0 Å². The quantitative estimate of drug-likeness (QED) is 0.817. The van der Waals surface area contributed by atoms with Gasteiger partial charge in [-0.1, -0.05) is 0 Å². The molecule has 1 fully saturated rings. The third-order valence-corrected chi connectivity index (χ3v) is 3.09. The summed E-state index contributed by atoms with van der Waals surface area (Å²) >= 11 is 0. The molecule has 5 heteroatoms. The van der Waals surface area contributed by atoms with Crippen LogP contribution in [-0.4, -0.2) is 33.5 Å². The van der Waals surface area contributed by atoms with Gasteiger partial charge in [-0.3, -0.25) is 9.69 Å². The van der Waals surface area contributed by atoms with Gasteiger partial charge in [0.15, 0.2) is 0 Å². The number of aryl methyl sites for hydroxylation is 2. The maximum Gasteiger partial charge on any atom is 0.304 e. The lowest BCUT2D eigenvalue weighted by atomic mass is 10.3. The Morgan fingerprint density at radius 2 is 2.24 bits per heavy atom. The van der Waals surface area contributed by atoms with Crippen LogP contribution < -0.4 is 0 Å². The van der Waals surface area contributed by atoms with E-state index in [0.717, 1.165) is 24.3 Å². The summed E-state index contributed by atoms with van der Waals surface area (Å²) in [4.78, 5) is 17.1. The highest BCUT2D eigenvalue weighted by atomic mass is 16.4. The van der Waals surface area contributed by atoms with Crippen LogP contribution in [0.3, 0.4) is 0 Å². The fourth-order valence-corrected chi connectivity index (χ4v) is 1.85. The molecule has 0 amide bonds. The van der Waals surface area contributed by atoms with E-state index in [0.29, 0.717) is 25.0 Å². The second-order valence-corrected chi connectivity index (χ2v) is 4.59.